The first-order valence-corrected chi connectivity index (χ1v) is 12.2. The highest BCUT2D eigenvalue weighted by molar-refractivity contribution is 8.13. The van der Waals surface area contributed by atoms with E-state index in [1.807, 2.05) is 0 Å². The number of hydrogen-bond acceptors (Lipinski definition) is 6. The minimum absolute atomic E-state index is 0.0350. The molecule has 0 aromatic heterocycles. The number of aliphatic hydroxyl groups is 1. The number of fused-ring (bicyclic) bond motifs is 5. The van der Waals surface area contributed by atoms with Crippen LogP contribution in [0.3, 0.4) is 0 Å². The van der Waals surface area contributed by atoms with Crippen LogP contribution in [0.15, 0.2) is 23.8 Å². The van der Waals surface area contributed by atoms with Crippen molar-refractivity contribution < 1.29 is 44.3 Å². The third-order valence-electron chi connectivity index (χ3n) is 9.01. The van der Waals surface area contributed by atoms with Crippen molar-refractivity contribution in [1.82, 2.24) is 0 Å². The van der Waals surface area contributed by atoms with Crippen molar-refractivity contribution in [2.45, 2.75) is 76.8 Å². The number of halogens is 3. The first-order chi connectivity index (χ1) is 17.8. The number of aliphatic hydroxyl groups excluding tert-OH is 1. The number of carbonyl (C=O) groups is 3. The largest absolute Gasteiger partial charge is 0.449 e. The average Bonchev–Trinajstić information content (AvgIpc) is 3.03. The molecule has 0 bridgehead atoms. The molecule has 0 aromatic rings. The summed E-state index contributed by atoms with van der Waals surface area (Å²) in [5.74, 6) is -5.53. The van der Waals surface area contributed by atoms with E-state index in [0.29, 0.717) is 0 Å². The Morgan fingerprint density at radius 2 is 2.06 bits per heavy atom. The summed E-state index contributed by atoms with van der Waals surface area (Å²) in [5, 5.41) is 10.4. The summed E-state index contributed by atoms with van der Waals surface area (Å²) >= 11 is 0.140. The van der Waals surface area contributed by atoms with Crippen LogP contribution in [0.1, 0.15) is 60.1 Å². The van der Waals surface area contributed by atoms with E-state index in [-0.39, 0.29) is 23.8 Å². The number of thioether (sulfide) groups is 1. The van der Waals surface area contributed by atoms with Gasteiger partial charge in [-0.2, -0.15) is 0 Å². The fraction of sp³-hybridized carbons (Fsp3) is 0.720. The molecule has 4 aliphatic rings. The zero-order valence-electron chi connectivity index (χ0n) is 24.1. The molecule has 9 heteroatoms. The van der Waals surface area contributed by atoms with Crippen LogP contribution in [0, 0.1) is 28.6 Å². The summed E-state index contributed by atoms with van der Waals surface area (Å²) in [5.41, 5.74) is -8.28. The molecule has 4 aliphatic carbocycles. The lowest BCUT2D eigenvalue weighted by atomic mass is 9.44. The first-order valence-electron chi connectivity index (χ1n) is 13.7. The van der Waals surface area contributed by atoms with Crippen molar-refractivity contribution in [3.05, 3.63) is 23.8 Å². The number of rotatable bonds is 4. The second-order valence-corrected chi connectivity index (χ2v) is 11.2. The Balaban J connectivity index is 1.87. The van der Waals surface area contributed by atoms with Crippen LogP contribution in [0.25, 0.3) is 0 Å². The quantitative estimate of drug-likeness (QED) is 0.570. The summed E-state index contributed by atoms with van der Waals surface area (Å²) < 4.78 is 90.0. The molecule has 0 heterocycles. The molecule has 0 spiro atoms. The predicted octanol–water partition coefficient (Wildman–Crippen LogP) is 4.43. The molecule has 188 valence electrons. The molecule has 5 nitrogen and oxygen atoms in total. The van der Waals surface area contributed by atoms with Crippen LogP contribution in [-0.4, -0.2) is 51.5 Å². The number of esters is 1. The van der Waals surface area contributed by atoms with Crippen molar-refractivity contribution >= 4 is 28.6 Å². The summed E-state index contributed by atoms with van der Waals surface area (Å²) in [7, 11) is 0. The summed E-state index contributed by atoms with van der Waals surface area (Å²) in [6.45, 7) is 0.830. The Kier molecular flexibility index (Phi) is 4.73. The molecule has 0 radical (unpaired) electrons. The van der Waals surface area contributed by atoms with Gasteiger partial charge in [-0.05, 0) is 61.6 Å². The zero-order valence-corrected chi connectivity index (χ0v) is 19.9. The molecule has 1 N–H and O–H groups in total. The van der Waals surface area contributed by atoms with E-state index in [9.17, 15) is 23.9 Å². The van der Waals surface area contributed by atoms with Crippen molar-refractivity contribution in [2.24, 2.45) is 28.6 Å². The van der Waals surface area contributed by atoms with Crippen LogP contribution in [0.5, 0.6) is 0 Å². The van der Waals surface area contributed by atoms with Gasteiger partial charge in [0.15, 0.2) is 17.1 Å². The lowest BCUT2D eigenvalue weighted by molar-refractivity contribution is -0.228. The van der Waals surface area contributed by atoms with Gasteiger partial charge < -0.3 is 9.84 Å². The number of ether oxygens (including phenoxy) is 1. The fourth-order valence-electron chi connectivity index (χ4n) is 7.55. The molecule has 3 saturated carbocycles. The summed E-state index contributed by atoms with van der Waals surface area (Å²) in [6.07, 6.45) is -4.77. The van der Waals surface area contributed by atoms with E-state index in [4.69, 9.17) is 11.6 Å². The molecule has 0 aliphatic heterocycles. The van der Waals surface area contributed by atoms with Crippen LogP contribution >= 0.6 is 11.8 Å². The van der Waals surface area contributed by atoms with E-state index in [1.54, 1.807) is 0 Å². The first kappa shape index (κ1) is 19.6. The molecule has 0 aromatic carbocycles. The predicted molar refractivity (Wildman–Crippen MR) is 121 cm³/mol. The van der Waals surface area contributed by atoms with Crippen LogP contribution in [0.2, 0.25) is 0 Å². The Hall–Kier alpha value is -1.61. The Labute approximate surface area is 208 Å². The SMILES string of the molecule is [2H]C([2H])([2H])C([2H])([2H])C(=O)O[C@]1(C(=O)SCF)C(C)CC2C3CC(F)C4=CC(=O)C=C[C@]4(C)[C@@]3(F)C(O)C[C@@]21C. The second-order valence-electron chi connectivity index (χ2n) is 10.3. The molecule has 3 fully saturated rings. The van der Waals surface area contributed by atoms with Gasteiger partial charge in [0.1, 0.15) is 12.2 Å². The Bertz CT molecular complexity index is 1160. The molecule has 4 rings (SSSR count). The summed E-state index contributed by atoms with van der Waals surface area (Å²) in [4.78, 5) is 38.6. The van der Waals surface area contributed by atoms with Gasteiger partial charge in [-0.25, -0.2) is 13.2 Å². The summed E-state index contributed by atoms with van der Waals surface area (Å²) in [6, 6.07) is -1.24. The van der Waals surface area contributed by atoms with Crippen molar-refractivity contribution in [2.75, 3.05) is 6.01 Å². The lowest BCUT2D eigenvalue weighted by Gasteiger charge is -2.63. The van der Waals surface area contributed by atoms with Gasteiger partial charge >= 0.3 is 5.97 Å². The number of allylic oxidation sites excluding steroid dienone is 4. The normalized spacial score (nSPS) is 50.3. The monoisotopic (exact) mass is 505 g/mol. The van der Waals surface area contributed by atoms with Crippen molar-refractivity contribution in [3.8, 4) is 0 Å². The number of hydrogen-bond donors (Lipinski definition) is 1. The maximum absolute atomic E-state index is 17.4. The zero-order chi connectivity index (χ0) is 29.6. The lowest BCUT2D eigenvalue weighted by Crippen LogP contribution is -2.70. The maximum atomic E-state index is 17.4. The van der Waals surface area contributed by atoms with Gasteiger partial charge in [0.2, 0.25) is 5.12 Å². The number of carbonyl (C=O) groups excluding carboxylic acids is 3. The fourth-order valence-corrected chi connectivity index (χ4v) is 8.34. The van der Waals surface area contributed by atoms with Gasteiger partial charge in [0.05, 0.1) is 6.10 Å². The van der Waals surface area contributed by atoms with E-state index >= 15 is 8.78 Å². The van der Waals surface area contributed by atoms with Gasteiger partial charge in [0.25, 0.3) is 0 Å². The molecule has 0 saturated heterocycles. The highest BCUT2D eigenvalue weighted by atomic mass is 32.2. The maximum Gasteiger partial charge on any atom is 0.306 e. The van der Waals surface area contributed by atoms with E-state index < -0.39 is 101 Å². The van der Waals surface area contributed by atoms with E-state index in [2.05, 4.69) is 0 Å². The van der Waals surface area contributed by atoms with Gasteiger partial charge in [-0.3, -0.25) is 14.4 Å². The molecular weight excluding hydrogens is 469 g/mol. The molecule has 5 unspecified atom stereocenters. The van der Waals surface area contributed by atoms with Crippen LogP contribution in [0.4, 0.5) is 13.2 Å². The molecule has 9 atom stereocenters. The standard InChI is InChI=1S/C25H31F3O5S/c1-5-20(31)33-25(21(32)34-12-26)13(2)8-15-16-10-18(27)17-9-14(29)6-7-22(17,3)24(16,28)19(30)11-23(15,25)4/h6-7,9,13,15-16,18-19,30H,5,8,10-12H2,1-4H3/t13?,15?,16?,18?,19?,22-,23-,24-,25-/m0/s1/i1D3,5D2. The Morgan fingerprint density at radius 1 is 1.35 bits per heavy atom. The molecule has 0 amide bonds. The van der Waals surface area contributed by atoms with Gasteiger partial charge in [-0.1, -0.05) is 26.8 Å². The van der Waals surface area contributed by atoms with Crippen molar-refractivity contribution in [1.29, 1.82) is 0 Å². The third kappa shape index (κ3) is 3.01. The average molecular weight is 506 g/mol. The van der Waals surface area contributed by atoms with E-state index in [0.717, 1.165) is 12.2 Å². The molecular formula is C25H31F3O5S. The second kappa shape index (κ2) is 8.22. The minimum Gasteiger partial charge on any atom is -0.449 e. The van der Waals surface area contributed by atoms with Gasteiger partial charge in [-0.15, -0.1) is 0 Å². The third-order valence-corrected chi connectivity index (χ3v) is 9.69. The number of alkyl halides is 3. The van der Waals surface area contributed by atoms with Gasteiger partial charge in [0, 0.05) is 35.9 Å². The Morgan fingerprint density at radius 3 is 2.71 bits per heavy atom. The smallest absolute Gasteiger partial charge is 0.306 e. The van der Waals surface area contributed by atoms with Crippen molar-refractivity contribution in [3.63, 3.8) is 0 Å². The van der Waals surface area contributed by atoms with Crippen LogP contribution < -0.4 is 0 Å². The highest BCUT2D eigenvalue weighted by Gasteiger charge is 2.78. The molecule has 34 heavy (non-hydrogen) atoms. The number of ketones is 1. The van der Waals surface area contributed by atoms with Crippen LogP contribution in [-0.2, 0) is 19.1 Å². The van der Waals surface area contributed by atoms with E-state index in [1.165, 1.54) is 26.8 Å². The highest BCUT2D eigenvalue weighted by Crippen LogP contribution is 2.72. The minimum atomic E-state index is -3.53. The topological polar surface area (TPSA) is 80.7 Å².